The van der Waals surface area contributed by atoms with E-state index in [9.17, 15) is 9.59 Å². The molecular formula is C20H21Cl2N3O2. The van der Waals surface area contributed by atoms with Crippen molar-refractivity contribution in [1.82, 2.24) is 15.1 Å². The summed E-state index contributed by atoms with van der Waals surface area (Å²) in [4.78, 5) is 28.4. The number of carbonyl (C=O) groups excluding carboxylic acids is 2. The molecule has 3 rings (SSSR count). The minimum absolute atomic E-state index is 0.00194. The Morgan fingerprint density at radius 3 is 2.07 bits per heavy atom. The van der Waals surface area contributed by atoms with E-state index in [1.165, 1.54) is 0 Å². The summed E-state index contributed by atoms with van der Waals surface area (Å²) < 4.78 is 0. The van der Waals surface area contributed by atoms with Crippen LogP contribution < -0.4 is 5.32 Å². The molecule has 1 heterocycles. The highest BCUT2D eigenvalue weighted by Crippen LogP contribution is 2.24. The largest absolute Gasteiger partial charge is 0.335 e. The molecule has 3 amide bonds. The fourth-order valence-corrected chi connectivity index (χ4v) is 3.50. The van der Waals surface area contributed by atoms with Gasteiger partial charge in [-0.15, -0.1) is 0 Å². The van der Waals surface area contributed by atoms with Crippen molar-refractivity contribution in [3.05, 3.63) is 69.2 Å². The number of aryl methyl sites for hydroxylation is 1. The van der Waals surface area contributed by atoms with Crippen LogP contribution in [0.1, 0.15) is 21.5 Å². The molecule has 0 spiro atoms. The molecule has 27 heavy (non-hydrogen) atoms. The minimum Gasteiger partial charge on any atom is -0.335 e. The fraction of sp³-hybridized carbons (Fsp3) is 0.300. The summed E-state index contributed by atoms with van der Waals surface area (Å²) in [7, 11) is 0. The standard InChI is InChI=1S/C20H21Cl2N3O2/c1-14-5-7-15(8-6-14)19(26)24-9-11-25(12-10-24)20(27)23-13-16-17(21)3-2-4-18(16)22/h2-8H,9-13H2,1H3,(H,23,27). The van der Waals surface area contributed by atoms with Crippen LogP contribution in [0.5, 0.6) is 0 Å². The Labute approximate surface area is 168 Å². The minimum atomic E-state index is -0.187. The molecule has 0 atom stereocenters. The number of halogens is 2. The lowest BCUT2D eigenvalue weighted by Crippen LogP contribution is -2.53. The van der Waals surface area contributed by atoms with Crippen LogP contribution in [0.3, 0.4) is 0 Å². The van der Waals surface area contributed by atoms with Gasteiger partial charge in [-0.3, -0.25) is 4.79 Å². The number of rotatable bonds is 3. The van der Waals surface area contributed by atoms with E-state index in [4.69, 9.17) is 23.2 Å². The van der Waals surface area contributed by atoms with Crippen molar-refractivity contribution < 1.29 is 9.59 Å². The average molecular weight is 406 g/mol. The molecule has 0 aliphatic carbocycles. The first-order valence-corrected chi connectivity index (χ1v) is 9.53. The zero-order valence-corrected chi connectivity index (χ0v) is 16.6. The van der Waals surface area contributed by atoms with Crippen LogP contribution in [0.25, 0.3) is 0 Å². The van der Waals surface area contributed by atoms with Crippen molar-refractivity contribution >= 4 is 35.1 Å². The summed E-state index contributed by atoms with van der Waals surface area (Å²) in [6.45, 7) is 4.24. The number of hydrogen-bond donors (Lipinski definition) is 1. The van der Waals surface area contributed by atoms with Gasteiger partial charge in [-0.05, 0) is 31.2 Å². The molecule has 0 bridgehead atoms. The number of carbonyl (C=O) groups is 2. The van der Waals surface area contributed by atoms with E-state index in [1.54, 1.807) is 28.0 Å². The zero-order chi connectivity index (χ0) is 19.4. The Morgan fingerprint density at radius 2 is 1.48 bits per heavy atom. The van der Waals surface area contributed by atoms with Crippen LogP contribution in [-0.4, -0.2) is 47.9 Å². The first kappa shape index (κ1) is 19.5. The molecule has 2 aromatic carbocycles. The molecule has 1 aliphatic rings. The third-order valence-electron chi connectivity index (χ3n) is 4.63. The number of nitrogens with one attached hydrogen (secondary N) is 1. The van der Waals surface area contributed by atoms with Gasteiger partial charge in [0.1, 0.15) is 0 Å². The Hall–Kier alpha value is -2.24. The second kappa shape index (κ2) is 8.63. The Kier molecular flexibility index (Phi) is 6.24. The van der Waals surface area contributed by atoms with Crippen LogP contribution in [0, 0.1) is 6.92 Å². The Balaban J connectivity index is 1.52. The van der Waals surface area contributed by atoms with Crippen molar-refractivity contribution in [2.24, 2.45) is 0 Å². The van der Waals surface area contributed by atoms with Crippen molar-refractivity contribution in [2.45, 2.75) is 13.5 Å². The van der Waals surface area contributed by atoms with Crippen LogP contribution in [-0.2, 0) is 6.54 Å². The highest BCUT2D eigenvalue weighted by molar-refractivity contribution is 6.36. The smallest absolute Gasteiger partial charge is 0.317 e. The molecule has 0 aromatic heterocycles. The molecule has 2 aromatic rings. The van der Waals surface area contributed by atoms with E-state index < -0.39 is 0 Å². The molecule has 1 N–H and O–H groups in total. The summed E-state index contributed by atoms with van der Waals surface area (Å²) in [6, 6.07) is 12.6. The first-order chi connectivity index (χ1) is 13.0. The SMILES string of the molecule is Cc1ccc(C(=O)N2CCN(C(=O)NCc3c(Cl)cccc3Cl)CC2)cc1. The first-order valence-electron chi connectivity index (χ1n) is 8.77. The number of hydrogen-bond acceptors (Lipinski definition) is 2. The molecule has 5 nitrogen and oxygen atoms in total. The van der Waals surface area contributed by atoms with E-state index >= 15 is 0 Å². The van der Waals surface area contributed by atoms with Crippen molar-refractivity contribution in [1.29, 1.82) is 0 Å². The Bertz CT molecular complexity index is 811. The van der Waals surface area contributed by atoms with Gasteiger partial charge in [0.05, 0.1) is 0 Å². The summed E-state index contributed by atoms with van der Waals surface area (Å²) in [6.07, 6.45) is 0. The van der Waals surface area contributed by atoms with E-state index in [2.05, 4.69) is 5.32 Å². The van der Waals surface area contributed by atoms with E-state index in [0.29, 0.717) is 47.4 Å². The third-order valence-corrected chi connectivity index (χ3v) is 5.34. The van der Waals surface area contributed by atoms with Gasteiger partial charge >= 0.3 is 6.03 Å². The maximum absolute atomic E-state index is 12.6. The lowest BCUT2D eigenvalue weighted by atomic mass is 10.1. The van der Waals surface area contributed by atoms with Crippen molar-refractivity contribution in [2.75, 3.05) is 26.2 Å². The molecule has 0 unspecified atom stereocenters. The molecule has 0 saturated carbocycles. The highest BCUT2D eigenvalue weighted by Gasteiger charge is 2.24. The van der Waals surface area contributed by atoms with E-state index in [-0.39, 0.29) is 18.5 Å². The molecular weight excluding hydrogens is 385 g/mol. The monoisotopic (exact) mass is 405 g/mol. The lowest BCUT2D eigenvalue weighted by molar-refractivity contribution is 0.0665. The van der Waals surface area contributed by atoms with Crippen molar-refractivity contribution in [3.63, 3.8) is 0 Å². The maximum Gasteiger partial charge on any atom is 0.317 e. The number of nitrogens with zero attached hydrogens (tertiary/aromatic N) is 2. The number of piperazine rings is 1. The van der Waals surface area contributed by atoms with Crippen LogP contribution >= 0.6 is 23.2 Å². The van der Waals surface area contributed by atoms with Gasteiger partial charge < -0.3 is 15.1 Å². The van der Waals surface area contributed by atoms with Gasteiger partial charge in [-0.1, -0.05) is 47.0 Å². The predicted octanol–water partition coefficient (Wildman–Crippen LogP) is 3.97. The number of urea groups is 1. The summed E-state index contributed by atoms with van der Waals surface area (Å²) >= 11 is 12.3. The normalized spacial score (nSPS) is 14.2. The summed E-state index contributed by atoms with van der Waals surface area (Å²) in [5.41, 5.74) is 2.49. The van der Waals surface area contributed by atoms with Gasteiger partial charge in [0.15, 0.2) is 0 Å². The third kappa shape index (κ3) is 4.73. The van der Waals surface area contributed by atoms with Gasteiger partial charge in [0.2, 0.25) is 0 Å². The van der Waals surface area contributed by atoms with Gasteiger partial charge in [-0.25, -0.2) is 4.79 Å². The molecule has 7 heteroatoms. The second-order valence-corrected chi connectivity index (χ2v) is 7.32. The van der Waals surface area contributed by atoms with E-state index in [1.807, 2.05) is 31.2 Å². The Morgan fingerprint density at radius 1 is 0.926 bits per heavy atom. The maximum atomic E-state index is 12.6. The lowest BCUT2D eigenvalue weighted by Gasteiger charge is -2.34. The zero-order valence-electron chi connectivity index (χ0n) is 15.0. The summed E-state index contributed by atoms with van der Waals surface area (Å²) in [5, 5.41) is 3.90. The van der Waals surface area contributed by atoms with Gasteiger partial charge in [0.25, 0.3) is 5.91 Å². The summed E-state index contributed by atoms with van der Waals surface area (Å²) in [5.74, 6) is -0.00194. The number of amides is 3. The molecule has 0 radical (unpaired) electrons. The average Bonchev–Trinajstić information content (AvgIpc) is 2.67. The number of benzene rings is 2. The van der Waals surface area contributed by atoms with Gasteiger partial charge in [0, 0.05) is 53.9 Å². The molecule has 1 saturated heterocycles. The molecule has 1 fully saturated rings. The van der Waals surface area contributed by atoms with Crippen molar-refractivity contribution in [3.8, 4) is 0 Å². The molecule has 142 valence electrons. The second-order valence-electron chi connectivity index (χ2n) is 6.50. The van der Waals surface area contributed by atoms with Crippen LogP contribution in [0.2, 0.25) is 10.0 Å². The fourth-order valence-electron chi connectivity index (χ4n) is 2.97. The molecule has 1 aliphatic heterocycles. The van der Waals surface area contributed by atoms with E-state index in [0.717, 1.165) is 5.56 Å². The van der Waals surface area contributed by atoms with Crippen LogP contribution in [0.15, 0.2) is 42.5 Å². The predicted molar refractivity (Wildman–Crippen MR) is 107 cm³/mol. The quantitative estimate of drug-likeness (QED) is 0.839. The highest BCUT2D eigenvalue weighted by atomic mass is 35.5. The topological polar surface area (TPSA) is 52.7 Å². The van der Waals surface area contributed by atoms with Gasteiger partial charge in [-0.2, -0.15) is 0 Å². The van der Waals surface area contributed by atoms with Crippen LogP contribution in [0.4, 0.5) is 4.79 Å².